The maximum absolute atomic E-state index is 13.4. The van der Waals surface area contributed by atoms with Crippen LogP contribution in [-0.4, -0.2) is 14.7 Å². The van der Waals surface area contributed by atoms with Gasteiger partial charge in [-0.05, 0) is 26.0 Å². The molecule has 0 amide bonds. The third-order valence-corrected chi connectivity index (χ3v) is 2.58. The molecule has 2 aromatic rings. The molecular weight excluding hydrogens is 251 g/mol. The van der Waals surface area contributed by atoms with Crippen molar-refractivity contribution in [3.05, 3.63) is 46.5 Å². The molecule has 0 fully saturated rings. The Morgan fingerprint density at radius 2 is 2.21 bits per heavy atom. The van der Waals surface area contributed by atoms with Gasteiger partial charge in [0, 0.05) is 12.2 Å². The normalized spacial score (nSPS) is 10.7. The summed E-state index contributed by atoms with van der Waals surface area (Å²) >= 11 is 0. The molecule has 7 heteroatoms. The highest BCUT2D eigenvalue weighted by molar-refractivity contribution is 5.69. The monoisotopic (exact) mass is 264 g/mol. The molecule has 1 N–H and O–H groups in total. The smallest absolute Gasteiger partial charge is 0.327 e. The highest BCUT2D eigenvalue weighted by Gasteiger charge is 2.20. The van der Waals surface area contributed by atoms with Crippen molar-refractivity contribution in [3.8, 4) is 0 Å². The Morgan fingerprint density at radius 3 is 2.79 bits per heavy atom. The lowest BCUT2D eigenvalue weighted by molar-refractivity contribution is -0.386. The summed E-state index contributed by atoms with van der Waals surface area (Å²) in [5, 5.41) is 17.8. The lowest BCUT2D eigenvalue weighted by Gasteiger charge is -2.05. The SMILES string of the molecule is CC(C)n1cc(Nc2cccc(F)c2[N+](=O)[O-])cn1. The number of halogens is 1. The van der Waals surface area contributed by atoms with Gasteiger partial charge in [0.25, 0.3) is 0 Å². The number of nitro groups is 1. The van der Waals surface area contributed by atoms with Crippen LogP contribution >= 0.6 is 0 Å². The number of rotatable bonds is 4. The fourth-order valence-corrected chi connectivity index (χ4v) is 1.64. The maximum atomic E-state index is 13.4. The maximum Gasteiger partial charge on any atom is 0.327 e. The molecule has 0 saturated carbocycles. The van der Waals surface area contributed by atoms with Gasteiger partial charge in [0.1, 0.15) is 5.69 Å². The molecule has 0 aliphatic heterocycles. The van der Waals surface area contributed by atoms with E-state index in [-0.39, 0.29) is 11.7 Å². The molecule has 6 nitrogen and oxygen atoms in total. The first-order valence-electron chi connectivity index (χ1n) is 5.73. The van der Waals surface area contributed by atoms with E-state index in [0.717, 1.165) is 6.07 Å². The second kappa shape index (κ2) is 5.05. The third kappa shape index (κ3) is 2.70. The van der Waals surface area contributed by atoms with E-state index in [9.17, 15) is 14.5 Å². The zero-order valence-corrected chi connectivity index (χ0v) is 10.5. The summed E-state index contributed by atoms with van der Waals surface area (Å²) in [4.78, 5) is 10.1. The molecule has 100 valence electrons. The molecule has 1 aromatic carbocycles. The van der Waals surface area contributed by atoms with Gasteiger partial charge in [0.05, 0.1) is 16.8 Å². The Balaban J connectivity index is 2.32. The number of para-hydroxylation sites is 1. The number of benzene rings is 1. The van der Waals surface area contributed by atoms with Gasteiger partial charge < -0.3 is 5.32 Å². The zero-order chi connectivity index (χ0) is 14.0. The highest BCUT2D eigenvalue weighted by Crippen LogP contribution is 2.29. The van der Waals surface area contributed by atoms with Gasteiger partial charge in [-0.3, -0.25) is 14.8 Å². The van der Waals surface area contributed by atoms with Crippen LogP contribution in [0.3, 0.4) is 0 Å². The van der Waals surface area contributed by atoms with Gasteiger partial charge >= 0.3 is 5.69 Å². The molecule has 0 radical (unpaired) electrons. The summed E-state index contributed by atoms with van der Waals surface area (Å²) in [5.41, 5.74) is 0.107. The Labute approximate surface area is 109 Å². The predicted octanol–water partition coefficient (Wildman–Crippen LogP) is 3.25. The Bertz CT molecular complexity index is 610. The van der Waals surface area contributed by atoms with Crippen molar-refractivity contribution in [1.82, 2.24) is 9.78 Å². The second-order valence-corrected chi connectivity index (χ2v) is 4.32. The van der Waals surface area contributed by atoms with Crippen molar-refractivity contribution in [3.63, 3.8) is 0 Å². The van der Waals surface area contributed by atoms with Gasteiger partial charge in [-0.1, -0.05) is 6.07 Å². The molecule has 0 atom stereocenters. The first-order chi connectivity index (χ1) is 8.99. The molecule has 0 aliphatic carbocycles. The molecule has 0 saturated heterocycles. The Kier molecular flexibility index (Phi) is 3.46. The van der Waals surface area contributed by atoms with Gasteiger partial charge in [-0.15, -0.1) is 0 Å². The second-order valence-electron chi connectivity index (χ2n) is 4.32. The van der Waals surface area contributed by atoms with E-state index < -0.39 is 16.4 Å². The van der Waals surface area contributed by atoms with E-state index in [1.807, 2.05) is 13.8 Å². The van der Waals surface area contributed by atoms with Crippen LogP contribution in [0.4, 0.5) is 21.5 Å². The number of hydrogen-bond donors (Lipinski definition) is 1. The summed E-state index contributed by atoms with van der Waals surface area (Å²) < 4.78 is 15.1. The summed E-state index contributed by atoms with van der Waals surface area (Å²) in [6.07, 6.45) is 3.24. The quantitative estimate of drug-likeness (QED) is 0.679. The summed E-state index contributed by atoms with van der Waals surface area (Å²) in [7, 11) is 0. The van der Waals surface area contributed by atoms with Gasteiger partial charge in [0.15, 0.2) is 0 Å². The molecular formula is C12H13FN4O2. The van der Waals surface area contributed by atoms with Crippen LogP contribution in [0.15, 0.2) is 30.6 Å². The minimum atomic E-state index is -0.869. The number of nitrogens with one attached hydrogen (secondary N) is 1. The van der Waals surface area contributed by atoms with Crippen LogP contribution in [0.25, 0.3) is 0 Å². The third-order valence-electron chi connectivity index (χ3n) is 2.58. The topological polar surface area (TPSA) is 73.0 Å². The molecule has 1 heterocycles. The van der Waals surface area contributed by atoms with Crippen molar-refractivity contribution < 1.29 is 9.31 Å². The first kappa shape index (κ1) is 13.0. The average molecular weight is 264 g/mol. The molecule has 0 unspecified atom stereocenters. The molecule has 0 aliphatic rings. The van der Waals surface area contributed by atoms with Crippen LogP contribution in [0, 0.1) is 15.9 Å². The lowest BCUT2D eigenvalue weighted by Crippen LogP contribution is -2.00. The minimum Gasteiger partial charge on any atom is -0.347 e. The van der Waals surface area contributed by atoms with E-state index in [0.29, 0.717) is 5.69 Å². The largest absolute Gasteiger partial charge is 0.347 e. The predicted molar refractivity (Wildman–Crippen MR) is 68.9 cm³/mol. The average Bonchev–Trinajstić information content (AvgIpc) is 2.77. The summed E-state index contributed by atoms with van der Waals surface area (Å²) in [6.45, 7) is 3.92. The van der Waals surface area contributed by atoms with E-state index in [1.165, 1.54) is 18.3 Å². The number of aromatic nitrogens is 2. The highest BCUT2D eigenvalue weighted by atomic mass is 19.1. The van der Waals surface area contributed by atoms with Crippen molar-refractivity contribution in [2.24, 2.45) is 0 Å². The van der Waals surface area contributed by atoms with Crippen LogP contribution in [-0.2, 0) is 0 Å². The Morgan fingerprint density at radius 1 is 1.47 bits per heavy atom. The molecule has 0 spiro atoms. The minimum absolute atomic E-state index is 0.105. The molecule has 0 bridgehead atoms. The summed E-state index contributed by atoms with van der Waals surface area (Å²) in [5.74, 6) is -0.869. The Hall–Kier alpha value is -2.44. The van der Waals surface area contributed by atoms with E-state index >= 15 is 0 Å². The number of nitrogens with zero attached hydrogens (tertiary/aromatic N) is 3. The van der Waals surface area contributed by atoms with Crippen molar-refractivity contribution >= 4 is 17.1 Å². The van der Waals surface area contributed by atoms with Gasteiger partial charge in [-0.25, -0.2) is 0 Å². The van der Waals surface area contributed by atoms with E-state index in [4.69, 9.17) is 0 Å². The van der Waals surface area contributed by atoms with Crippen molar-refractivity contribution in [2.75, 3.05) is 5.32 Å². The van der Waals surface area contributed by atoms with Crippen LogP contribution in [0.1, 0.15) is 19.9 Å². The zero-order valence-electron chi connectivity index (χ0n) is 10.5. The van der Waals surface area contributed by atoms with E-state index in [1.54, 1.807) is 10.9 Å². The van der Waals surface area contributed by atoms with E-state index in [2.05, 4.69) is 10.4 Å². The first-order valence-corrected chi connectivity index (χ1v) is 5.73. The summed E-state index contributed by atoms with van der Waals surface area (Å²) in [6, 6.07) is 4.10. The van der Waals surface area contributed by atoms with Crippen molar-refractivity contribution in [2.45, 2.75) is 19.9 Å². The number of nitro benzene ring substituents is 1. The van der Waals surface area contributed by atoms with Crippen LogP contribution in [0.2, 0.25) is 0 Å². The van der Waals surface area contributed by atoms with Gasteiger partial charge in [-0.2, -0.15) is 9.49 Å². The molecule has 19 heavy (non-hydrogen) atoms. The van der Waals surface area contributed by atoms with Gasteiger partial charge in [0.2, 0.25) is 5.82 Å². The molecule has 1 aromatic heterocycles. The van der Waals surface area contributed by atoms with Crippen LogP contribution < -0.4 is 5.32 Å². The lowest BCUT2D eigenvalue weighted by atomic mass is 10.2. The fraction of sp³-hybridized carbons (Fsp3) is 0.250. The van der Waals surface area contributed by atoms with Crippen LogP contribution in [0.5, 0.6) is 0 Å². The number of hydrogen-bond acceptors (Lipinski definition) is 4. The number of anilines is 2. The molecule has 2 rings (SSSR count). The standard InChI is InChI=1S/C12H13FN4O2/c1-8(2)16-7-9(6-14-16)15-11-5-3-4-10(13)12(11)17(18)19/h3-8,15H,1-2H3. The van der Waals surface area contributed by atoms with Crippen molar-refractivity contribution in [1.29, 1.82) is 0 Å². The fourth-order valence-electron chi connectivity index (χ4n) is 1.64.